The van der Waals surface area contributed by atoms with Crippen LogP contribution in [0.5, 0.6) is 0 Å². The summed E-state index contributed by atoms with van der Waals surface area (Å²) < 4.78 is 28.0. The Bertz CT molecular complexity index is 1130. The Morgan fingerprint density at radius 1 is 1.14 bits per heavy atom. The summed E-state index contributed by atoms with van der Waals surface area (Å²) in [7, 11) is -3.74. The molecular formula is C21H22N3O3S2. The average molecular weight is 429 g/mol. The molecule has 0 bridgehead atoms. The van der Waals surface area contributed by atoms with Crippen molar-refractivity contribution in [1.82, 2.24) is 9.71 Å². The van der Waals surface area contributed by atoms with Crippen molar-refractivity contribution in [2.75, 3.05) is 5.32 Å². The minimum absolute atomic E-state index is 0.0778. The molecule has 0 saturated heterocycles. The van der Waals surface area contributed by atoms with Gasteiger partial charge in [-0.25, -0.2) is 18.1 Å². The lowest BCUT2D eigenvalue weighted by atomic mass is 10.1. The smallest absolute Gasteiger partial charge is 0.241 e. The van der Waals surface area contributed by atoms with Gasteiger partial charge < -0.3 is 5.32 Å². The summed E-state index contributed by atoms with van der Waals surface area (Å²) in [6.45, 7) is 6.69. The maximum atomic E-state index is 12.7. The highest BCUT2D eigenvalue weighted by Crippen LogP contribution is 2.34. The van der Waals surface area contributed by atoms with Gasteiger partial charge in [0.15, 0.2) is 0 Å². The van der Waals surface area contributed by atoms with Gasteiger partial charge in [-0.05, 0) is 45.0 Å². The van der Waals surface area contributed by atoms with Crippen LogP contribution in [0.3, 0.4) is 0 Å². The number of carbonyl (C=O) groups is 1. The molecule has 6 nitrogen and oxygen atoms in total. The summed E-state index contributed by atoms with van der Waals surface area (Å²) in [6, 6.07) is 15.1. The van der Waals surface area contributed by atoms with Gasteiger partial charge in [0.2, 0.25) is 15.9 Å². The van der Waals surface area contributed by atoms with Gasteiger partial charge in [-0.15, -0.1) is 11.3 Å². The fourth-order valence-corrected chi connectivity index (χ4v) is 5.00. The molecule has 0 atom stereocenters. The Labute approximate surface area is 175 Å². The van der Waals surface area contributed by atoms with Gasteiger partial charge in [-0.2, -0.15) is 0 Å². The predicted molar refractivity (Wildman–Crippen MR) is 116 cm³/mol. The van der Waals surface area contributed by atoms with Crippen LogP contribution in [0, 0.1) is 6.07 Å². The number of carbonyl (C=O) groups excluding carboxylic acids is 1. The van der Waals surface area contributed by atoms with Crippen molar-refractivity contribution >= 4 is 33.0 Å². The third-order valence-electron chi connectivity index (χ3n) is 3.80. The van der Waals surface area contributed by atoms with E-state index in [4.69, 9.17) is 0 Å². The SMILES string of the molecule is CC(=O)Nc1cc(S(=O)(=O)NC(C)(C)C)ccc1-c1csc(-c2cc[c]cc2)n1. The monoisotopic (exact) mass is 428 g/mol. The third kappa shape index (κ3) is 5.29. The van der Waals surface area contributed by atoms with Gasteiger partial charge >= 0.3 is 0 Å². The Morgan fingerprint density at radius 3 is 2.45 bits per heavy atom. The largest absolute Gasteiger partial charge is 0.326 e. The first kappa shape index (κ1) is 21.2. The van der Waals surface area contributed by atoms with Crippen LogP contribution in [-0.2, 0) is 14.8 Å². The number of aromatic nitrogens is 1. The van der Waals surface area contributed by atoms with Crippen molar-refractivity contribution in [2.45, 2.75) is 38.1 Å². The molecule has 1 heterocycles. The Balaban J connectivity index is 2.04. The zero-order valence-electron chi connectivity index (χ0n) is 16.6. The molecule has 2 aromatic carbocycles. The quantitative estimate of drug-likeness (QED) is 0.634. The highest BCUT2D eigenvalue weighted by atomic mass is 32.2. The lowest BCUT2D eigenvalue weighted by molar-refractivity contribution is -0.114. The van der Waals surface area contributed by atoms with Gasteiger partial charge in [0.1, 0.15) is 5.01 Å². The molecule has 1 radical (unpaired) electrons. The fourth-order valence-electron chi connectivity index (χ4n) is 2.73. The van der Waals surface area contributed by atoms with Crippen molar-refractivity contribution in [3.8, 4) is 21.8 Å². The summed E-state index contributed by atoms with van der Waals surface area (Å²) in [5, 5.41) is 5.44. The van der Waals surface area contributed by atoms with E-state index in [1.165, 1.54) is 30.4 Å². The van der Waals surface area contributed by atoms with Gasteiger partial charge in [0.25, 0.3) is 0 Å². The van der Waals surface area contributed by atoms with Crippen LogP contribution in [0.4, 0.5) is 5.69 Å². The second-order valence-electron chi connectivity index (χ2n) is 7.57. The molecule has 151 valence electrons. The van der Waals surface area contributed by atoms with E-state index in [-0.39, 0.29) is 10.8 Å². The molecule has 2 N–H and O–H groups in total. The van der Waals surface area contributed by atoms with E-state index in [0.29, 0.717) is 16.9 Å². The highest BCUT2D eigenvalue weighted by Gasteiger charge is 2.23. The average Bonchev–Trinajstić information content (AvgIpc) is 3.10. The zero-order chi connectivity index (χ0) is 21.2. The number of sulfonamides is 1. The number of hydrogen-bond donors (Lipinski definition) is 2. The van der Waals surface area contributed by atoms with Gasteiger partial charge in [0, 0.05) is 29.0 Å². The molecule has 1 aromatic heterocycles. The van der Waals surface area contributed by atoms with Crippen LogP contribution in [0.25, 0.3) is 21.8 Å². The molecule has 3 aromatic rings. The summed E-state index contributed by atoms with van der Waals surface area (Å²) in [4.78, 5) is 16.5. The van der Waals surface area contributed by atoms with E-state index in [1.54, 1.807) is 26.8 Å². The van der Waals surface area contributed by atoms with Crippen LogP contribution in [0.15, 0.2) is 52.7 Å². The number of nitrogens with one attached hydrogen (secondary N) is 2. The second kappa shape index (κ2) is 8.06. The molecule has 3 rings (SSSR count). The van der Waals surface area contributed by atoms with Crippen LogP contribution in [0.2, 0.25) is 0 Å². The first-order chi connectivity index (χ1) is 13.5. The van der Waals surface area contributed by atoms with E-state index in [0.717, 1.165) is 10.6 Å². The van der Waals surface area contributed by atoms with E-state index < -0.39 is 15.6 Å². The molecule has 0 aliphatic carbocycles. The van der Waals surface area contributed by atoms with Crippen molar-refractivity contribution in [1.29, 1.82) is 0 Å². The van der Waals surface area contributed by atoms with E-state index in [1.807, 2.05) is 29.6 Å². The van der Waals surface area contributed by atoms with E-state index >= 15 is 0 Å². The van der Waals surface area contributed by atoms with Crippen molar-refractivity contribution in [2.24, 2.45) is 0 Å². The summed E-state index contributed by atoms with van der Waals surface area (Å²) >= 11 is 1.47. The van der Waals surface area contributed by atoms with Crippen LogP contribution < -0.4 is 10.0 Å². The molecule has 0 saturated carbocycles. The van der Waals surface area contributed by atoms with Crippen LogP contribution in [-0.4, -0.2) is 24.8 Å². The molecule has 0 aliphatic heterocycles. The lowest BCUT2D eigenvalue weighted by Gasteiger charge is -2.21. The number of nitrogens with zero attached hydrogens (tertiary/aromatic N) is 1. The molecule has 0 spiro atoms. The Morgan fingerprint density at radius 2 is 1.83 bits per heavy atom. The number of anilines is 1. The van der Waals surface area contributed by atoms with Gasteiger partial charge in [-0.3, -0.25) is 4.79 Å². The minimum atomic E-state index is -3.74. The number of benzene rings is 2. The van der Waals surface area contributed by atoms with Crippen LogP contribution >= 0.6 is 11.3 Å². The molecule has 8 heteroatoms. The molecule has 0 fully saturated rings. The molecule has 0 unspecified atom stereocenters. The molecular weight excluding hydrogens is 406 g/mol. The summed E-state index contributed by atoms with van der Waals surface area (Å²) in [6.07, 6.45) is 0. The first-order valence-electron chi connectivity index (χ1n) is 8.93. The van der Waals surface area contributed by atoms with Crippen LogP contribution in [0.1, 0.15) is 27.7 Å². The molecule has 29 heavy (non-hydrogen) atoms. The third-order valence-corrected chi connectivity index (χ3v) is 6.44. The zero-order valence-corrected chi connectivity index (χ0v) is 18.2. The van der Waals surface area contributed by atoms with Crippen molar-refractivity contribution < 1.29 is 13.2 Å². The lowest BCUT2D eigenvalue weighted by Crippen LogP contribution is -2.40. The topological polar surface area (TPSA) is 88.2 Å². The van der Waals surface area contributed by atoms with E-state index in [9.17, 15) is 13.2 Å². The number of rotatable bonds is 5. The minimum Gasteiger partial charge on any atom is -0.326 e. The number of amides is 1. The maximum Gasteiger partial charge on any atom is 0.241 e. The van der Waals surface area contributed by atoms with E-state index in [2.05, 4.69) is 21.1 Å². The Hall–Kier alpha value is -2.55. The van der Waals surface area contributed by atoms with Crippen molar-refractivity contribution in [3.63, 3.8) is 0 Å². The fraction of sp³-hybridized carbons (Fsp3) is 0.238. The number of hydrogen-bond acceptors (Lipinski definition) is 5. The maximum absolute atomic E-state index is 12.7. The Kier molecular flexibility index (Phi) is 5.88. The normalized spacial score (nSPS) is 12.0. The standard InChI is InChI=1S/C21H22N3O3S2/c1-14(25)22-18-12-16(29(26,27)24-21(2,3)4)10-11-17(18)19-13-28-20(23-19)15-8-6-5-7-9-15/h6-13,24H,1-4H3,(H,22,25). The van der Waals surface area contributed by atoms with Crippen molar-refractivity contribution in [3.05, 3.63) is 53.9 Å². The molecule has 0 aliphatic rings. The summed E-state index contributed by atoms with van der Waals surface area (Å²) in [5.41, 5.74) is 2.05. The highest BCUT2D eigenvalue weighted by molar-refractivity contribution is 7.89. The van der Waals surface area contributed by atoms with Gasteiger partial charge in [0.05, 0.1) is 16.3 Å². The summed E-state index contributed by atoms with van der Waals surface area (Å²) in [5.74, 6) is -0.293. The van der Waals surface area contributed by atoms with Gasteiger partial charge in [-0.1, -0.05) is 24.3 Å². The predicted octanol–water partition coefficient (Wildman–Crippen LogP) is 4.31. The number of thiazole rings is 1. The second-order valence-corrected chi connectivity index (χ2v) is 10.1. The first-order valence-corrected chi connectivity index (χ1v) is 11.3. The molecule has 1 amide bonds.